The van der Waals surface area contributed by atoms with Crippen molar-refractivity contribution in [3.05, 3.63) is 115 Å². The van der Waals surface area contributed by atoms with Gasteiger partial charge in [0.15, 0.2) is 0 Å². The highest BCUT2D eigenvalue weighted by molar-refractivity contribution is 6.00. The molecule has 0 spiro atoms. The summed E-state index contributed by atoms with van der Waals surface area (Å²) in [6, 6.07) is 30.1. The minimum absolute atomic E-state index is 0.302. The average molecular weight is 428 g/mol. The highest BCUT2D eigenvalue weighted by atomic mass is 16.4. The highest BCUT2D eigenvalue weighted by Crippen LogP contribution is 2.42. The number of nitriles is 1. The average Bonchev–Trinajstić information content (AvgIpc) is 3.42. The first-order valence-corrected chi connectivity index (χ1v) is 10.7. The summed E-state index contributed by atoms with van der Waals surface area (Å²) in [5.74, 6) is 0.940. The number of allylic oxidation sites excluding steroid dienone is 1. The third kappa shape index (κ3) is 3.77. The summed E-state index contributed by atoms with van der Waals surface area (Å²) >= 11 is 0. The first kappa shape index (κ1) is 20.3. The Balaban J connectivity index is 1.67. The lowest BCUT2D eigenvalue weighted by molar-refractivity contribution is 0.593. The second kappa shape index (κ2) is 8.86. The van der Waals surface area contributed by atoms with Crippen molar-refractivity contribution >= 4 is 23.0 Å². The maximum atomic E-state index is 10.1. The quantitative estimate of drug-likeness (QED) is 0.210. The number of furan rings is 1. The molecule has 4 nitrogen and oxygen atoms in total. The van der Waals surface area contributed by atoms with Crippen LogP contribution >= 0.6 is 0 Å². The number of hydrogen-bond donors (Lipinski definition) is 0. The molecule has 0 saturated heterocycles. The van der Waals surface area contributed by atoms with Crippen molar-refractivity contribution in [1.82, 2.24) is 4.57 Å². The summed E-state index contributed by atoms with van der Waals surface area (Å²) in [4.78, 5) is 4.65. The fraction of sp³-hybridized carbons (Fsp3) is 0.0345. The predicted octanol–water partition coefficient (Wildman–Crippen LogP) is 7.38. The smallest absolute Gasteiger partial charge is 0.238 e. The minimum atomic E-state index is 0.302. The lowest BCUT2D eigenvalue weighted by atomic mass is 9.98. The molecule has 2 heterocycles. The number of aromatic nitrogens is 1. The van der Waals surface area contributed by atoms with Gasteiger partial charge in [0.1, 0.15) is 17.4 Å². The van der Waals surface area contributed by atoms with Gasteiger partial charge in [0, 0.05) is 46.5 Å². The molecule has 0 atom stereocenters. The van der Waals surface area contributed by atoms with Crippen molar-refractivity contribution < 1.29 is 4.42 Å². The fourth-order valence-electron chi connectivity index (χ4n) is 4.08. The van der Waals surface area contributed by atoms with Crippen LogP contribution in [0.5, 0.6) is 0 Å². The standard InChI is InChI=1S/C29H21N3O/c1-2-17-32-20-23(24-15-9-10-16-26(24)32)19-31-29-25(18-30)27(21-11-5-3-6-12-21)28(33-29)22-13-7-4-8-14-22/h2-16,19-20H,1,17H2/b31-19+. The molecule has 0 unspecified atom stereocenters. The SMILES string of the molecule is C=CCn1cc(/C=N/c2oc(-c3ccccc3)c(-c3ccccc3)c2C#N)c2ccccc21. The molecule has 33 heavy (non-hydrogen) atoms. The number of aliphatic imine (C=N–C) groups is 1. The van der Waals surface area contributed by atoms with Crippen LogP contribution in [0.3, 0.4) is 0 Å². The van der Waals surface area contributed by atoms with E-state index >= 15 is 0 Å². The van der Waals surface area contributed by atoms with Crippen LogP contribution in [0, 0.1) is 11.3 Å². The molecule has 0 saturated carbocycles. The van der Waals surface area contributed by atoms with Gasteiger partial charge >= 0.3 is 0 Å². The molecule has 0 aliphatic rings. The van der Waals surface area contributed by atoms with Crippen LogP contribution < -0.4 is 0 Å². The Hall–Kier alpha value is -4.62. The van der Waals surface area contributed by atoms with Crippen LogP contribution in [0.15, 0.2) is 113 Å². The molecular formula is C29H21N3O. The van der Waals surface area contributed by atoms with E-state index in [0.717, 1.165) is 33.2 Å². The summed E-state index contributed by atoms with van der Waals surface area (Å²) in [6.07, 6.45) is 5.68. The Labute approximate surface area is 192 Å². The Bertz CT molecular complexity index is 1500. The molecule has 5 rings (SSSR count). The highest BCUT2D eigenvalue weighted by Gasteiger charge is 2.22. The Morgan fingerprint density at radius 1 is 0.909 bits per heavy atom. The van der Waals surface area contributed by atoms with Gasteiger partial charge in [0.25, 0.3) is 0 Å². The van der Waals surface area contributed by atoms with E-state index in [0.29, 0.717) is 23.8 Å². The second-order valence-electron chi connectivity index (χ2n) is 7.63. The van der Waals surface area contributed by atoms with E-state index in [4.69, 9.17) is 4.42 Å². The molecule has 4 heteroatoms. The van der Waals surface area contributed by atoms with Crippen molar-refractivity contribution in [3.63, 3.8) is 0 Å². The van der Waals surface area contributed by atoms with Gasteiger partial charge in [-0.25, -0.2) is 4.99 Å². The molecule has 0 bridgehead atoms. The topological polar surface area (TPSA) is 54.2 Å². The van der Waals surface area contributed by atoms with Gasteiger partial charge in [-0.1, -0.05) is 84.9 Å². The number of hydrogen-bond acceptors (Lipinski definition) is 3. The normalized spacial score (nSPS) is 11.1. The molecule has 3 aromatic carbocycles. The van der Waals surface area contributed by atoms with Crippen LogP contribution in [0.2, 0.25) is 0 Å². The summed E-state index contributed by atoms with van der Waals surface area (Å²) in [5.41, 5.74) is 5.05. The number of para-hydroxylation sites is 1. The Morgan fingerprint density at radius 3 is 2.27 bits per heavy atom. The summed E-state index contributed by atoms with van der Waals surface area (Å²) in [6.45, 7) is 4.56. The number of fused-ring (bicyclic) bond motifs is 1. The van der Waals surface area contributed by atoms with Gasteiger partial charge in [-0.3, -0.25) is 0 Å². The molecule has 158 valence electrons. The molecule has 0 N–H and O–H groups in total. The predicted molar refractivity (Wildman–Crippen MR) is 134 cm³/mol. The van der Waals surface area contributed by atoms with Crippen molar-refractivity contribution in [3.8, 4) is 28.5 Å². The minimum Gasteiger partial charge on any atom is -0.436 e. The molecule has 0 amide bonds. The third-order valence-corrected chi connectivity index (χ3v) is 5.57. The van der Waals surface area contributed by atoms with Crippen LogP contribution in [-0.4, -0.2) is 10.8 Å². The molecule has 0 fully saturated rings. The van der Waals surface area contributed by atoms with E-state index in [2.05, 4.69) is 34.3 Å². The largest absolute Gasteiger partial charge is 0.436 e. The maximum Gasteiger partial charge on any atom is 0.238 e. The summed E-state index contributed by atoms with van der Waals surface area (Å²) in [7, 11) is 0. The van der Waals surface area contributed by atoms with E-state index < -0.39 is 0 Å². The number of benzene rings is 3. The van der Waals surface area contributed by atoms with Crippen molar-refractivity contribution in [2.24, 2.45) is 4.99 Å². The summed E-state index contributed by atoms with van der Waals surface area (Å²) < 4.78 is 8.35. The third-order valence-electron chi connectivity index (χ3n) is 5.57. The zero-order chi connectivity index (χ0) is 22.6. The summed E-state index contributed by atoms with van der Waals surface area (Å²) in [5, 5.41) is 11.1. The lowest BCUT2D eigenvalue weighted by Gasteiger charge is -2.03. The van der Waals surface area contributed by atoms with Crippen molar-refractivity contribution in [2.45, 2.75) is 6.54 Å². The van der Waals surface area contributed by atoms with Crippen molar-refractivity contribution in [2.75, 3.05) is 0 Å². The van der Waals surface area contributed by atoms with E-state index in [1.165, 1.54) is 0 Å². The maximum absolute atomic E-state index is 10.1. The van der Waals surface area contributed by atoms with Gasteiger partial charge in [-0.2, -0.15) is 5.26 Å². The van der Waals surface area contributed by atoms with E-state index in [-0.39, 0.29) is 0 Å². The zero-order valence-electron chi connectivity index (χ0n) is 18.0. The monoisotopic (exact) mass is 427 g/mol. The van der Waals surface area contributed by atoms with E-state index in [9.17, 15) is 5.26 Å². The van der Waals surface area contributed by atoms with Crippen LogP contribution in [0.1, 0.15) is 11.1 Å². The first-order valence-electron chi connectivity index (χ1n) is 10.7. The van der Waals surface area contributed by atoms with Gasteiger partial charge in [0.2, 0.25) is 5.88 Å². The first-order chi connectivity index (χ1) is 16.3. The van der Waals surface area contributed by atoms with Crippen LogP contribution in [0.25, 0.3) is 33.4 Å². The van der Waals surface area contributed by atoms with E-state index in [1.807, 2.05) is 85.1 Å². The molecule has 5 aromatic rings. The lowest BCUT2D eigenvalue weighted by Crippen LogP contribution is -1.91. The van der Waals surface area contributed by atoms with Gasteiger partial charge < -0.3 is 8.98 Å². The van der Waals surface area contributed by atoms with E-state index in [1.54, 1.807) is 6.21 Å². The Morgan fingerprint density at radius 2 is 1.58 bits per heavy atom. The van der Waals surface area contributed by atoms with Crippen molar-refractivity contribution in [1.29, 1.82) is 5.26 Å². The van der Waals surface area contributed by atoms with Crippen LogP contribution in [0.4, 0.5) is 5.88 Å². The van der Waals surface area contributed by atoms with Crippen LogP contribution in [-0.2, 0) is 6.54 Å². The van der Waals surface area contributed by atoms with Gasteiger partial charge in [-0.05, 0) is 11.6 Å². The van der Waals surface area contributed by atoms with Gasteiger partial charge in [0.05, 0.1) is 0 Å². The second-order valence-corrected chi connectivity index (χ2v) is 7.63. The molecule has 0 aliphatic heterocycles. The molecule has 2 aromatic heterocycles. The molecule has 0 aliphatic carbocycles. The fourth-order valence-corrected chi connectivity index (χ4v) is 4.08. The number of rotatable bonds is 6. The zero-order valence-corrected chi connectivity index (χ0v) is 18.0. The Kier molecular flexibility index (Phi) is 5.45. The van der Waals surface area contributed by atoms with Gasteiger partial charge in [-0.15, -0.1) is 6.58 Å². The number of nitrogens with zero attached hydrogens (tertiary/aromatic N) is 3. The molecular weight excluding hydrogens is 406 g/mol. The molecule has 0 radical (unpaired) electrons.